The standard InChI is InChI=1S/C16H26N2O2/c1-11-10-18(3)12(2)8-14(11)17-13-6-7-15(19-4)16(9-13)20-5/h6-7,9,11-12,14,17H,8,10H2,1-5H3. The Kier molecular flexibility index (Phi) is 4.76. The predicted molar refractivity (Wildman–Crippen MR) is 82.8 cm³/mol. The van der Waals surface area contributed by atoms with Crippen LogP contribution in [0.4, 0.5) is 5.69 Å². The van der Waals surface area contributed by atoms with E-state index in [0.717, 1.165) is 30.2 Å². The first-order valence-corrected chi connectivity index (χ1v) is 7.24. The number of nitrogens with one attached hydrogen (secondary N) is 1. The lowest BCUT2D eigenvalue weighted by Gasteiger charge is -2.40. The molecule has 20 heavy (non-hydrogen) atoms. The highest BCUT2D eigenvalue weighted by molar-refractivity contribution is 5.55. The van der Waals surface area contributed by atoms with Gasteiger partial charge in [0.1, 0.15) is 0 Å². The normalized spacial score (nSPS) is 27.1. The quantitative estimate of drug-likeness (QED) is 0.918. The zero-order valence-electron chi connectivity index (χ0n) is 13.1. The maximum Gasteiger partial charge on any atom is 0.162 e. The molecule has 0 aromatic heterocycles. The number of hydrogen-bond acceptors (Lipinski definition) is 4. The number of hydrogen-bond donors (Lipinski definition) is 1. The topological polar surface area (TPSA) is 33.7 Å². The van der Waals surface area contributed by atoms with Gasteiger partial charge in [-0.1, -0.05) is 6.92 Å². The van der Waals surface area contributed by atoms with E-state index >= 15 is 0 Å². The van der Waals surface area contributed by atoms with Crippen LogP contribution in [0.2, 0.25) is 0 Å². The highest BCUT2D eigenvalue weighted by atomic mass is 16.5. The molecule has 0 aliphatic carbocycles. The van der Waals surface area contributed by atoms with Crippen LogP contribution < -0.4 is 14.8 Å². The summed E-state index contributed by atoms with van der Waals surface area (Å²) < 4.78 is 10.6. The van der Waals surface area contributed by atoms with Crippen molar-refractivity contribution in [2.75, 3.05) is 33.1 Å². The van der Waals surface area contributed by atoms with Gasteiger partial charge in [-0.25, -0.2) is 0 Å². The first kappa shape index (κ1) is 15.0. The van der Waals surface area contributed by atoms with E-state index in [1.54, 1.807) is 14.2 Å². The Balaban J connectivity index is 2.09. The fourth-order valence-corrected chi connectivity index (χ4v) is 2.88. The average Bonchev–Trinajstić information content (AvgIpc) is 2.44. The molecule has 4 nitrogen and oxygen atoms in total. The van der Waals surface area contributed by atoms with Gasteiger partial charge in [0, 0.05) is 30.4 Å². The lowest BCUT2D eigenvalue weighted by molar-refractivity contribution is 0.145. The minimum atomic E-state index is 0.499. The van der Waals surface area contributed by atoms with E-state index in [1.807, 2.05) is 12.1 Å². The maximum absolute atomic E-state index is 5.36. The molecule has 1 saturated heterocycles. The summed E-state index contributed by atoms with van der Waals surface area (Å²) in [6.07, 6.45) is 1.16. The summed E-state index contributed by atoms with van der Waals surface area (Å²) in [5.41, 5.74) is 1.09. The van der Waals surface area contributed by atoms with Crippen molar-refractivity contribution < 1.29 is 9.47 Å². The molecule has 1 heterocycles. The number of nitrogens with zero attached hydrogens (tertiary/aromatic N) is 1. The first-order valence-electron chi connectivity index (χ1n) is 7.24. The van der Waals surface area contributed by atoms with Gasteiger partial charge >= 0.3 is 0 Å². The summed E-state index contributed by atoms with van der Waals surface area (Å²) in [5.74, 6) is 2.17. The summed E-state index contributed by atoms with van der Waals surface area (Å²) in [7, 11) is 5.53. The number of piperidine rings is 1. The Labute approximate surface area is 122 Å². The zero-order valence-corrected chi connectivity index (χ0v) is 13.1. The van der Waals surface area contributed by atoms with E-state index in [1.165, 1.54) is 0 Å². The highest BCUT2D eigenvalue weighted by Gasteiger charge is 2.28. The molecule has 1 aromatic rings. The summed E-state index contributed by atoms with van der Waals surface area (Å²) in [6.45, 7) is 5.72. The number of ether oxygens (including phenoxy) is 2. The summed E-state index contributed by atoms with van der Waals surface area (Å²) in [6, 6.07) is 7.12. The third-order valence-corrected chi connectivity index (χ3v) is 4.35. The van der Waals surface area contributed by atoms with E-state index in [-0.39, 0.29) is 0 Å². The van der Waals surface area contributed by atoms with E-state index < -0.39 is 0 Å². The van der Waals surface area contributed by atoms with E-state index in [2.05, 4.69) is 37.2 Å². The van der Waals surface area contributed by atoms with Crippen LogP contribution in [0.5, 0.6) is 11.5 Å². The molecule has 0 saturated carbocycles. The van der Waals surface area contributed by atoms with Crippen LogP contribution in [-0.4, -0.2) is 44.8 Å². The molecule has 3 unspecified atom stereocenters. The van der Waals surface area contributed by atoms with Crippen molar-refractivity contribution >= 4 is 5.69 Å². The van der Waals surface area contributed by atoms with E-state index in [9.17, 15) is 0 Å². The third-order valence-electron chi connectivity index (χ3n) is 4.35. The Morgan fingerprint density at radius 3 is 2.50 bits per heavy atom. The molecule has 1 aliphatic heterocycles. The molecule has 0 radical (unpaired) electrons. The number of rotatable bonds is 4. The van der Waals surface area contributed by atoms with Crippen LogP contribution in [0.25, 0.3) is 0 Å². The van der Waals surface area contributed by atoms with Gasteiger partial charge in [0.15, 0.2) is 11.5 Å². The van der Waals surface area contributed by atoms with Crippen LogP contribution in [0, 0.1) is 5.92 Å². The molecule has 0 amide bonds. The van der Waals surface area contributed by atoms with Crippen LogP contribution in [-0.2, 0) is 0 Å². The van der Waals surface area contributed by atoms with E-state index in [0.29, 0.717) is 18.0 Å². The number of benzene rings is 1. The van der Waals surface area contributed by atoms with Crippen molar-refractivity contribution in [2.45, 2.75) is 32.4 Å². The fraction of sp³-hybridized carbons (Fsp3) is 0.625. The van der Waals surface area contributed by atoms with Crippen LogP contribution in [0.3, 0.4) is 0 Å². The Morgan fingerprint density at radius 2 is 1.85 bits per heavy atom. The number of likely N-dealkylation sites (tertiary alicyclic amines) is 1. The van der Waals surface area contributed by atoms with Gasteiger partial charge < -0.3 is 19.7 Å². The van der Waals surface area contributed by atoms with Gasteiger partial charge in [-0.15, -0.1) is 0 Å². The van der Waals surface area contributed by atoms with Crippen molar-refractivity contribution in [1.29, 1.82) is 0 Å². The van der Waals surface area contributed by atoms with Crippen molar-refractivity contribution in [3.63, 3.8) is 0 Å². The average molecular weight is 278 g/mol. The highest BCUT2D eigenvalue weighted by Crippen LogP contribution is 2.31. The Bertz CT molecular complexity index is 450. The molecule has 3 atom stereocenters. The third kappa shape index (κ3) is 3.18. The van der Waals surface area contributed by atoms with Gasteiger partial charge in [-0.05, 0) is 38.4 Å². The molecule has 4 heteroatoms. The molecular formula is C16H26N2O2. The van der Waals surface area contributed by atoms with Gasteiger partial charge in [-0.2, -0.15) is 0 Å². The molecular weight excluding hydrogens is 252 g/mol. The van der Waals surface area contributed by atoms with Gasteiger partial charge in [0.05, 0.1) is 14.2 Å². The summed E-state index contributed by atoms with van der Waals surface area (Å²) >= 11 is 0. The van der Waals surface area contributed by atoms with Gasteiger partial charge in [0.2, 0.25) is 0 Å². The van der Waals surface area contributed by atoms with Crippen molar-refractivity contribution in [2.24, 2.45) is 5.92 Å². The van der Waals surface area contributed by atoms with E-state index in [4.69, 9.17) is 9.47 Å². The minimum absolute atomic E-state index is 0.499. The minimum Gasteiger partial charge on any atom is -0.493 e. The molecule has 1 N–H and O–H groups in total. The number of methoxy groups -OCH3 is 2. The number of anilines is 1. The SMILES string of the molecule is COc1ccc(NC2CC(C)N(C)CC2C)cc1OC. The lowest BCUT2D eigenvalue weighted by atomic mass is 9.89. The van der Waals surface area contributed by atoms with Crippen LogP contribution >= 0.6 is 0 Å². The second-order valence-corrected chi connectivity index (χ2v) is 5.82. The smallest absolute Gasteiger partial charge is 0.162 e. The molecule has 0 bridgehead atoms. The maximum atomic E-state index is 5.36. The van der Waals surface area contributed by atoms with Gasteiger partial charge in [-0.3, -0.25) is 0 Å². The second kappa shape index (κ2) is 6.35. The molecule has 0 spiro atoms. The van der Waals surface area contributed by atoms with Crippen molar-refractivity contribution in [3.8, 4) is 11.5 Å². The molecule has 1 aliphatic rings. The molecule has 1 fully saturated rings. The monoisotopic (exact) mass is 278 g/mol. The first-order chi connectivity index (χ1) is 9.55. The predicted octanol–water partition coefficient (Wildman–Crippen LogP) is 2.84. The largest absolute Gasteiger partial charge is 0.493 e. The van der Waals surface area contributed by atoms with Crippen LogP contribution in [0.15, 0.2) is 18.2 Å². The molecule has 112 valence electrons. The Morgan fingerprint density at radius 1 is 1.15 bits per heavy atom. The van der Waals surface area contributed by atoms with Crippen LogP contribution in [0.1, 0.15) is 20.3 Å². The second-order valence-electron chi connectivity index (χ2n) is 5.82. The van der Waals surface area contributed by atoms with Crippen molar-refractivity contribution in [3.05, 3.63) is 18.2 Å². The van der Waals surface area contributed by atoms with Crippen molar-refractivity contribution in [1.82, 2.24) is 4.90 Å². The summed E-state index contributed by atoms with van der Waals surface area (Å²) in [5, 5.41) is 3.65. The fourth-order valence-electron chi connectivity index (χ4n) is 2.88. The van der Waals surface area contributed by atoms with Gasteiger partial charge in [0.25, 0.3) is 0 Å². The zero-order chi connectivity index (χ0) is 14.7. The molecule has 1 aromatic carbocycles. The lowest BCUT2D eigenvalue weighted by Crippen LogP contribution is -2.48. The molecule has 2 rings (SSSR count). The Hall–Kier alpha value is -1.42. The summed E-state index contributed by atoms with van der Waals surface area (Å²) in [4.78, 5) is 2.43.